The number of aliphatic hydroxyl groups is 4. The van der Waals surface area contributed by atoms with Gasteiger partial charge in [0.1, 0.15) is 0 Å². The molecule has 4 nitrogen and oxygen atoms in total. The van der Waals surface area contributed by atoms with E-state index in [-0.39, 0.29) is 0 Å². The van der Waals surface area contributed by atoms with Crippen molar-refractivity contribution in [2.24, 2.45) is 5.41 Å². The van der Waals surface area contributed by atoms with Gasteiger partial charge in [0.25, 0.3) is 0 Å². The second-order valence-corrected chi connectivity index (χ2v) is 2.91. The van der Waals surface area contributed by atoms with E-state index in [1.165, 1.54) is 0 Å². The van der Waals surface area contributed by atoms with Crippen LogP contribution in [0.15, 0.2) is 25.3 Å². The van der Waals surface area contributed by atoms with Crippen LogP contribution < -0.4 is 0 Å². The SMILES string of the molecule is C=CC(O)C(CO)(CO)C(O)C=C. The number of aliphatic hydroxyl groups excluding tert-OH is 4. The Balaban J connectivity index is 4.87. The van der Waals surface area contributed by atoms with E-state index in [0.717, 1.165) is 12.2 Å². The van der Waals surface area contributed by atoms with Crippen molar-refractivity contribution in [1.82, 2.24) is 0 Å². The lowest BCUT2D eigenvalue weighted by molar-refractivity contribution is -0.0910. The third kappa shape index (κ3) is 2.16. The summed E-state index contributed by atoms with van der Waals surface area (Å²) >= 11 is 0. The molecule has 0 aliphatic rings. The Kier molecular flexibility index (Phi) is 4.87. The average Bonchev–Trinajstić information content (AvgIpc) is 2.19. The van der Waals surface area contributed by atoms with Crippen molar-refractivity contribution in [2.45, 2.75) is 12.2 Å². The highest BCUT2D eigenvalue weighted by atomic mass is 16.3. The molecule has 0 aromatic rings. The van der Waals surface area contributed by atoms with E-state index >= 15 is 0 Å². The Bertz CT molecular complexity index is 158. The minimum Gasteiger partial charge on any atom is -0.395 e. The predicted octanol–water partition coefficient (Wildman–Crippen LogP) is -0.949. The fourth-order valence-corrected chi connectivity index (χ4v) is 1.07. The molecule has 0 aromatic heterocycles. The lowest BCUT2D eigenvalue weighted by atomic mass is 9.78. The van der Waals surface area contributed by atoms with Crippen LogP contribution in [0, 0.1) is 5.41 Å². The van der Waals surface area contributed by atoms with Crippen LogP contribution in [0.25, 0.3) is 0 Å². The number of hydrogen-bond donors (Lipinski definition) is 4. The zero-order chi connectivity index (χ0) is 10.5. The second kappa shape index (κ2) is 5.14. The van der Waals surface area contributed by atoms with E-state index in [0.29, 0.717) is 0 Å². The van der Waals surface area contributed by atoms with Gasteiger partial charge in [-0.25, -0.2) is 0 Å². The van der Waals surface area contributed by atoms with Gasteiger partial charge in [0.05, 0.1) is 30.8 Å². The van der Waals surface area contributed by atoms with Gasteiger partial charge < -0.3 is 20.4 Å². The van der Waals surface area contributed by atoms with E-state index in [1.807, 2.05) is 0 Å². The van der Waals surface area contributed by atoms with E-state index < -0.39 is 30.8 Å². The van der Waals surface area contributed by atoms with E-state index in [4.69, 9.17) is 10.2 Å². The summed E-state index contributed by atoms with van der Waals surface area (Å²) in [6.07, 6.45) is -0.0656. The van der Waals surface area contributed by atoms with Crippen LogP contribution in [-0.4, -0.2) is 45.8 Å². The fraction of sp³-hybridized carbons (Fsp3) is 0.556. The lowest BCUT2D eigenvalue weighted by Gasteiger charge is -2.35. The Hall–Kier alpha value is -0.680. The molecule has 0 heterocycles. The molecule has 0 saturated carbocycles. The molecular weight excluding hydrogens is 172 g/mol. The van der Waals surface area contributed by atoms with Crippen LogP contribution in [0.4, 0.5) is 0 Å². The van der Waals surface area contributed by atoms with Crippen LogP contribution >= 0.6 is 0 Å². The summed E-state index contributed by atoms with van der Waals surface area (Å²) in [5.74, 6) is 0. The van der Waals surface area contributed by atoms with Gasteiger partial charge in [-0.3, -0.25) is 0 Å². The lowest BCUT2D eigenvalue weighted by Crippen LogP contribution is -2.49. The molecule has 76 valence electrons. The number of rotatable bonds is 6. The monoisotopic (exact) mass is 188 g/mol. The molecule has 2 atom stereocenters. The topological polar surface area (TPSA) is 80.9 Å². The van der Waals surface area contributed by atoms with E-state index in [1.54, 1.807) is 0 Å². The van der Waals surface area contributed by atoms with Crippen LogP contribution in [0.2, 0.25) is 0 Å². The molecule has 0 fully saturated rings. The van der Waals surface area contributed by atoms with Gasteiger partial charge in [0, 0.05) is 0 Å². The summed E-state index contributed by atoms with van der Waals surface area (Å²) in [6, 6.07) is 0. The minimum atomic E-state index is -1.41. The summed E-state index contributed by atoms with van der Waals surface area (Å²) in [6.45, 7) is 5.54. The van der Waals surface area contributed by atoms with E-state index in [2.05, 4.69) is 13.2 Å². The molecule has 0 amide bonds. The molecule has 0 aliphatic carbocycles. The first kappa shape index (κ1) is 12.3. The molecule has 0 saturated heterocycles. The largest absolute Gasteiger partial charge is 0.395 e. The van der Waals surface area contributed by atoms with Crippen molar-refractivity contribution in [1.29, 1.82) is 0 Å². The van der Waals surface area contributed by atoms with Crippen LogP contribution in [-0.2, 0) is 0 Å². The third-order valence-electron chi connectivity index (χ3n) is 2.21. The smallest absolute Gasteiger partial charge is 0.0846 e. The fourth-order valence-electron chi connectivity index (χ4n) is 1.07. The molecule has 4 N–H and O–H groups in total. The van der Waals surface area contributed by atoms with Crippen LogP contribution in [0.1, 0.15) is 0 Å². The summed E-state index contributed by atoms with van der Waals surface area (Å²) in [4.78, 5) is 0. The Morgan fingerprint density at radius 1 is 1.00 bits per heavy atom. The molecule has 0 spiro atoms. The molecule has 2 unspecified atom stereocenters. The highest BCUT2D eigenvalue weighted by Crippen LogP contribution is 2.27. The second-order valence-electron chi connectivity index (χ2n) is 2.91. The van der Waals surface area contributed by atoms with Gasteiger partial charge in [-0.1, -0.05) is 12.2 Å². The molecular formula is C9H16O4. The average molecular weight is 188 g/mol. The van der Waals surface area contributed by atoms with Gasteiger partial charge in [-0.05, 0) is 0 Å². The van der Waals surface area contributed by atoms with Crippen molar-refractivity contribution in [3.63, 3.8) is 0 Å². The predicted molar refractivity (Wildman–Crippen MR) is 49.0 cm³/mol. The molecule has 0 rings (SSSR count). The van der Waals surface area contributed by atoms with Gasteiger partial charge in [0.15, 0.2) is 0 Å². The zero-order valence-electron chi connectivity index (χ0n) is 7.43. The van der Waals surface area contributed by atoms with Crippen molar-refractivity contribution in [2.75, 3.05) is 13.2 Å². The Labute approximate surface area is 77.5 Å². The van der Waals surface area contributed by atoms with Crippen molar-refractivity contribution in [3.05, 3.63) is 25.3 Å². The normalized spacial score (nSPS) is 16.3. The van der Waals surface area contributed by atoms with Gasteiger partial charge in [0.2, 0.25) is 0 Å². The summed E-state index contributed by atoms with van der Waals surface area (Å²) in [5.41, 5.74) is -1.41. The van der Waals surface area contributed by atoms with Gasteiger partial charge >= 0.3 is 0 Å². The molecule has 13 heavy (non-hydrogen) atoms. The molecule has 0 bridgehead atoms. The molecule has 0 radical (unpaired) electrons. The van der Waals surface area contributed by atoms with E-state index in [9.17, 15) is 10.2 Å². The van der Waals surface area contributed by atoms with Gasteiger partial charge in [-0.15, -0.1) is 13.2 Å². The minimum absolute atomic E-state index is 0.552. The van der Waals surface area contributed by atoms with Crippen molar-refractivity contribution >= 4 is 0 Å². The van der Waals surface area contributed by atoms with Crippen LogP contribution in [0.3, 0.4) is 0 Å². The summed E-state index contributed by atoms with van der Waals surface area (Å²) in [5, 5.41) is 36.9. The molecule has 0 aliphatic heterocycles. The zero-order valence-corrected chi connectivity index (χ0v) is 7.43. The third-order valence-corrected chi connectivity index (χ3v) is 2.21. The maximum Gasteiger partial charge on any atom is 0.0846 e. The Morgan fingerprint density at radius 3 is 1.46 bits per heavy atom. The van der Waals surface area contributed by atoms with Crippen molar-refractivity contribution in [3.8, 4) is 0 Å². The maximum absolute atomic E-state index is 9.42. The van der Waals surface area contributed by atoms with Gasteiger partial charge in [-0.2, -0.15) is 0 Å². The molecule has 4 heteroatoms. The first-order chi connectivity index (χ1) is 6.08. The standard InChI is InChI=1S/C9H16O4/c1-3-7(12)9(5-10,6-11)8(13)4-2/h3-4,7-8,10-13H,1-2,5-6H2. The Morgan fingerprint density at radius 2 is 1.31 bits per heavy atom. The summed E-state index contributed by atoms with van der Waals surface area (Å²) in [7, 11) is 0. The first-order valence-corrected chi connectivity index (χ1v) is 3.92. The summed E-state index contributed by atoms with van der Waals surface area (Å²) < 4.78 is 0. The highest BCUT2D eigenvalue weighted by molar-refractivity contribution is 5.04. The number of hydrogen-bond acceptors (Lipinski definition) is 4. The quantitative estimate of drug-likeness (QED) is 0.405. The maximum atomic E-state index is 9.42. The highest BCUT2D eigenvalue weighted by Gasteiger charge is 2.41. The van der Waals surface area contributed by atoms with Crippen molar-refractivity contribution < 1.29 is 20.4 Å². The van der Waals surface area contributed by atoms with Crippen LogP contribution in [0.5, 0.6) is 0 Å². The molecule has 0 aromatic carbocycles. The first-order valence-electron chi connectivity index (χ1n) is 3.92.